The normalized spacial score (nSPS) is 24.5. The first-order valence-corrected chi connectivity index (χ1v) is 6.40. The van der Waals surface area contributed by atoms with Crippen LogP contribution in [-0.2, 0) is 11.3 Å². The van der Waals surface area contributed by atoms with Gasteiger partial charge in [-0.15, -0.1) is 0 Å². The molecule has 1 aliphatic rings. The maximum atomic E-state index is 11.9. The molecule has 1 aromatic heterocycles. The second kappa shape index (κ2) is 5.87. The molecule has 1 aliphatic carbocycles. The van der Waals surface area contributed by atoms with Gasteiger partial charge in [-0.1, -0.05) is 6.42 Å². The molecule has 0 aromatic carbocycles. The summed E-state index contributed by atoms with van der Waals surface area (Å²) < 4.78 is 2.06. The molecule has 2 unspecified atom stereocenters. The van der Waals surface area contributed by atoms with E-state index in [1.807, 2.05) is 24.5 Å². The predicted molar refractivity (Wildman–Crippen MR) is 67.4 cm³/mol. The second-order valence-corrected chi connectivity index (χ2v) is 4.84. The molecule has 0 saturated heterocycles. The third kappa shape index (κ3) is 3.60. The molecule has 1 fully saturated rings. The number of hydrogen-bond donors (Lipinski definition) is 2. The van der Waals surface area contributed by atoms with Crippen LogP contribution >= 0.6 is 0 Å². The first kappa shape index (κ1) is 12.2. The number of hydrogen-bond acceptors (Lipinski definition) is 2. The van der Waals surface area contributed by atoms with Crippen LogP contribution in [-0.4, -0.2) is 23.1 Å². The van der Waals surface area contributed by atoms with E-state index in [1.54, 1.807) is 0 Å². The van der Waals surface area contributed by atoms with Crippen LogP contribution in [0.4, 0.5) is 0 Å². The number of aromatic nitrogens is 1. The predicted octanol–water partition coefficient (Wildman–Crippen LogP) is 1.12. The minimum atomic E-state index is 0.128. The monoisotopic (exact) mass is 235 g/mol. The molecule has 1 aromatic rings. The first-order chi connectivity index (χ1) is 8.25. The van der Waals surface area contributed by atoms with Crippen molar-refractivity contribution < 1.29 is 4.79 Å². The number of nitrogens with one attached hydrogen (secondary N) is 1. The van der Waals surface area contributed by atoms with Gasteiger partial charge in [0.25, 0.3) is 0 Å². The molecule has 1 heterocycles. The fourth-order valence-electron chi connectivity index (χ4n) is 2.44. The highest BCUT2D eigenvalue weighted by Gasteiger charge is 2.24. The van der Waals surface area contributed by atoms with E-state index < -0.39 is 0 Å². The Balaban J connectivity index is 1.70. The molecule has 4 nitrogen and oxygen atoms in total. The van der Waals surface area contributed by atoms with Gasteiger partial charge in [0.1, 0.15) is 0 Å². The number of carbonyl (C=O) groups is 1. The Morgan fingerprint density at radius 3 is 2.82 bits per heavy atom. The van der Waals surface area contributed by atoms with Crippen molar-refractivity contribution in [2.45, 2.75) is 38.3 Å². The number of carbonyl (C=O) groups excluding carboxylic acids is 1. The zero-order chi connectivity index (χ0) is 12.1. The van der Waals surface area contributed by atoms with Gasteiger partial charge in [0, 0.05) is 37.4 Å². The van der Waals surface area contributed by atoms with Crippen molar-refractivity contribution in [2.24, 2.45) is 11.7 Å². The lowest BCUT2D eigenvalue weighted by Gasteiger charge is -2.25. The van der Waals surface area contributed by atoms with Crippen molar-refractivity contribution in [2.75, 3.05) is 6.54 Å². The summed E-state index contributed by atoms with van der Waals surface area (Å²) in [5.74, 6) is 0.302. The Kier molecular flexibility index (Phi) is 4.20. The van der Waals surface area contributed by atoms with Crippen molar-refractivity contribution in [1.82, 2.24) is 9.88 Å². The summed E-state index contributed by atoms with van der Waals surface area (Å²) in [4.78, 5) is 11.9. The van der Waals surface area contributed by atoms with E-state index in [4.69, 9.17) is 5.73 Å². The van der Waals surface area contributed by atoms with Gasteiger partial charge in [-0.3, -0.25) is 4.79 Å². The lowest BCUT2D eigenvalue weighted by atomic mass is 9.85. The molecule has 0 bridgehead atoms. The van der Waals surface area contributed by atoms with Gasteiger partial charge in [-0.25, -0.2) is 0 Å². The lowest BCUT2D eigenvalue weighted by Crippen LogP contribution is -2.38. The van der Waals surface area contributed by atoms with Crippen LogP contribution in [0.2, 0.25) is 0 Å². The van der Waals surface area contributed by atoms with Crippen molar-refractivity contribution >= 4 is 5.91 Å². The Labute approximate surface area is 102 Å². The van der Waals surface area contributed by atoms with Crippen molar-refractivity contribution in [1.29, 1.82) is 0 Å². The van der Waals surface area contributed by atoms with Crippen LogP contribution in [0, 0.1) is 5.92 Å². The highest BCUT2D eigenvalue weighted by molar-refractivity contribution is 5.78. The van der Waals surface area contributed by atoms with E-state index in [9.17, 15) is 4.79 Å². The summed E-state index contributed by atoms with van der Waals surface area (Å²) in [5, 5.41) is 3.00. The molecule has 1 amide bonds. The molecule has 0 spiro atoms. The quantitative estimate of drug-likeness (QED) is 0.821. The fraction of sp³-hybridized carbons (Fsp3) is 0.615. The summed E-state index contributed by atoms with van der Waals surface area (Å²) in [5.41, 5.74) is 5.88. The van der Waals surface area contributed by atoms with E-state index >= 15 is 0 Å². The van der Waals surface area contributed by atoms with Crippen LogP contribution in [0.15, 0.2) is 24.5 Å². The van der Waals surface area contributed by atoms with Gasteiger partial charge in [0.05, 0.1) is 0 Å². The summed E-state index contributed by atoms with van der Waals surface area (Å²) in [6.45, 7) is 1.52. The molecular formula is C13H21N3O. The maximum Gasteiger partial charge on any atom is 0.223 e. The van der Waals surface area contributed by atoms with E-state index in [1.165, 1.54) is 0 Å². The lowest BCUT2D eigenvalue weighted by molar-refractivity contribution is -0.126. The van der Waals surface area contributed by atoms with E-state index in [-0.39, 0.29) is 17.9 Å². The molecule has 2 rings (SSSR count). The standard InChI is InChI=1S/C13H21N3O/c14-12-5-3-4-11(10-12)13(17)15-6-9-16-7-1-2-8-16/h1-2,7-8,11-12H,3-6,9-10,14H2,(H,15,17). The summed E-state index contributed by atoms with van der Waals surface area (Å²) in [6.07, 6.45) is 7.98. The molecule has 0 aliphatic heterocycles. The smallest absolute Gasteiger partial charge is 0.223 e. The fourth-order valence-corrected chi connectivity index (χ4v) is 2.44. The Morgan fingerprint density at radius 1 is 1.35 bits per heavy atom. The third-order valence-electron chi connectivity index (χ3n) is 3.42. The average Bonchev–Trinajstić information content (AvgIpc) is 2.82. The molecular weight excluding hydrogens is 214 g/mol. The van der Waals surface area contributed by atoms with Gasteiger partial charge in [0.2, 0.25) is 5.91 Å². The third-order valence-corrected chi connectivity index (χ3v) is 3.42. The molecule has 4 heteroatoms. The van der Waals surface area contributed by atoms with E-state index in [0.29, 0.717) is 6.54 Å². The number of nitrogens with two attached hydrogens (primary N) is 1. The van der Waals surface area contributed by atoms with Gasteiger partial charge in [-0.05, 0) is 31.4 Å². The number of rotatable bonds is 4. The van der Waals surface area contributed by atoms with Crippen LogP contribution in [0.1, 0.15) is 25.7 Å². The molecule has 17 heavy (non-hydrogen) atoms. The topological polar surface area (TPSA) is 60.1 Å². The Morgan fingerprint density at radius 2 is 2.12 bits per heavy atom. The van der Waals surface area contributed by atoms with Crippen LogP contribution in [0.25, 0.3) is 0 Å². The van der Waals surface area contributed by atoms with E-state index in [2.05, 4.69) is 9.88 Å². The van der Waals surface area contributed by atoms with Crippen molar-refractivity contribution in [3.63, 3.8) is 0 Å². The number of amides is 1. The minimum absolute atomic E-state index is 0.128. The number of nitrogens with zero attached hydrogens (tertiary/aromatic N) is 1. The van der Waals surface area contributed by atoms with Gasteiger partial charge in [0.15, 0.2) is 0 Å². The first-order valence-electron chi connectivity index (χ1n) is 6.40. The highest BCUT2D eigenvalue weighted by Crippen LogP contribution is 2.22. The van der Waals surface area contributed by atoms with Gasteiger partial charge in [-0.2, -0.15) is 0 Å². The largest absolute Gasteiger partial charge is 0.354 e. The highest BCUT2D eigenvalue weighted by atomic mass is 16.1. The zero-order valence-corrected chi connectivity index (χ0v) is 10.1. The maximum absolute atomic E-state index is 11.9. The minimum Gasteiger partial charge on any atom is -0.354 e. The zero-order valence-electron chi connectivity index (χ0n) is 10.1. The van der Waals surface area contributed by atoms with E-state index in [0.717, 1.165) is 32.2 Å². The van der Waals surface area contributed by atoms with Crippen molar-refractivity contribution in [3.05, 3.63) is 24.5 Å². The molecule has 94 valence electrons. The molecule has 0 radical (unpaired) electrons. The Hall–Kier alpha value is -1.29. The average molecular weight is 235 g/mol. The SMILES string of the molecule is NC1CCCC(C(=O)NCCn2cccc2)C1. The molecule has 2 atom stereocenters. The molecule has 3 N–H and O–H groups in total. The second-order valence-electron chi connectivity index (χ2n) is 4.84. The van der Waals surface area contributed by atoms with Gasteiger partial charge < -0.3 is 15.6 Å². The van der Waals surface area contributed by atoms with Crippen LogP contribution in [0.5, 0.6) is 0 Å². The van der Waals surface area contributed by atoms with Gasteiger partial charge >= 0.3 is 0 Å². The van der Waals surface area contributed by atoms with Crippen molar-refractivity contribution in [3.8, 4) is 0 Å². The summed E-state index contributed by atoms with van der Waals surface area (Å²) >= 11 is 0. The van der Waals surface area contributed by atoms with Crippen LogP contribution in [0.3, 0.4) is 0 Å². The summed E-state index contributed by atoms with van der Waals surface area (Å²) in [6, 6.07) is 4.19. The van der Waals surface area contributed by atoms with Crippen LogP contribution < -0.4 is 11.1 Å². The summed E-state index contributed by atoms with van der Waals surface area (Å²) in [7, 11) is 0. The Bertz CT molecular complexity index is 348. The molecule has 1 saturated carbocycles.